The van der Waals surface area contributed by atoms with Crippen LogP contribution in [0.4, 0.5) is 4.79 Å². The molecule has 0 aromatic rings. The molecule has 18 heavy (non-hydrogen) atoms. The molecule has 7 nitrogen and oxygen atoms in total. The monoisotopic (exact) mass is 278 g/mol. The first kappa shape index (κ1) is 14.9. The van der Waals surface area contributed by atoms with Crippen molar-refractivity contribution in [3.05, 3.63) is 0 Å². The SMILES string of the molecule is CS(=O)CCCNC(=O)N1CC(O)C[C@H]1C(=O)O. The van der Waals surface area contributed by atoms with E-state index in [4.69, 9.17) is 5.11 Å². The first-order chi connectivity index (χ1) is 8.41. The highest BCUT2D eigenvalue weighted by atomic mass is 32.2. The number of likely N-dealkylation sites (tertiary alicyclic amines) is 1. The first-order valence-corrected chi connectivity index (χ1v) is 7.40. The Balaban J connectivity index is 2.40. The number of nitrogens with one attached hydrogen (secondary N) is 1. The second kappa shape index (κ2) is 6.69. The maximum Gasteiger partial charge on any atom is 0.326 e. The molecule has 1 heterocycles. The van der Waals surface area contributed by atoms with Gasteiger partial charge in [-0.15, -0.1) is 0 Å². The highest BCUT2D eigenvalue weighted by Gasteiger charge is 2.38. The predicted molar refractivity (Wildman–Crippen MR) is 65.7 cm³/mol. The zero-order chi connectivity index (χ0) is 13.7. The maximum absolute atomic E-state index is 11.7. The number of hydrogen-bond acceptors (Lipinski definition) is 4. The van der Waals surface area contributed by atoms with Gasteiger partial charge in [0.25, 0.3) is 0 Å². The summed E-state index contributed by atoms with van der Waals surface area (Å²) in [4.78, 5) is 23.7. The molecular weight excluding hydrogens is 260 g/mol. The summed E-state index contributed by atoms with van der Waals surface area (Å²) in [7, 11) is -0.901. The van der Waals surface area contributed by atoms with E-state index >= 15 is 0 Å². The average molecular weight is 278 g/mol. The van der Waals surface area contributed by atoms with Crippen molar-refractivity contribution in [1.82, 2.24) is 10.2 Å². The minimum atomic E-state index is -1.11. The van der Waals surface area contributed by atoms with E-state index in [1.807, 2.05) is 0 Å². The molecule has 1 aliphatic rings. The van der Waals surface area contributed by atoms with Crippen molar-refractivity contribution in [3.8, 4) is 0 Å². The van der Waals surface area contributed by atoms with Gasteiger partial charge in [0.15, 0.2) is 0 Å². The number of carbonyl (C=O) groups excluding carboxylic acids is 1. The largest absolute Gasteiger partial charge is 0.480 e. The Bertz CT molecular complexity index is 349. The van der Waals surface area contributed by atoms with Crippen LogP contribution in [0.3, 0.4) is 0 Å². The zero-order valence-corrected chi connectivity index (χ0v) is 11.0. The second-order valence-electron chi connectivity index (χ2n) is 4.26. The standard InChI is InChI=1S/C10H18N2O5S/c1-18(17)4-2-3-11-10(16)12-6-7(13)5-8(12)9(14)15/h7-8,13H,2-6H2,1H3,(H,11,16)(H,14,15)/t7?,8-,18?/m0/s1. The summed E-state index contributed by atoms with van der Waals surface area (Å²) in [5, 5.41) is 20.9. The van der Waals surface area contributed by atoms with Crippen molar-refractivity contribution in [2.45, 2.75) is 25.0 Å². The molecule has 1 aliphatic heterocycles. The minimum absolute atomic E-state index is 0.0303. The lowest BCUT2D eigenvalue weighted by Crippen LogP contribution is -2.46. The van der Waals surface area contributed by atoms with Crippen molar-refractivity contribution in [1.29, 1.82) is 0 Å². The molecule has 0 aliphatic carbocycles. The number of carbonyl (C=O) groups is 2. The van der Waals surface area contributed by atoms with Gasteiger partial charge in [0, 0.05) is 42.3 Å². The number of urea groups is 1. The van der Waals surface area contributed by atoms with Crippen LogP contribution in [0.5, 0.6) is 0 Å². The molecule has 0 aromatic heterocycles. The van der Waals surface area contributed by atoms with E-state index in [-0.39, 0.29) is 13.0 Å². The smallest absolute Gasteiger partial charge is 0.326 e. The van der Waals surface area contributed by atoms with Crippen LogP contribution in [0.1, 0.15) is 12.8 Å². The molecule has 3 atom stereocenters. The summed E-state index contributed by atoms with van der Waals surface area (Å²) in [6, 6.07) is -1.47. The lowest BCUT2D eigenvalue weighted by Gasteiger charge is -2.21. The summed E-state index contributed by atoms with van der Waals surface area (Å²) in [6.45, 7) is 0.375. The highest BCUT2D eigenvalue weighted by molar-refractivity contribution is 7.84. The number of hydrogen-bond donors (Lipinski definition) is 3. The third kappa shape index (κ3) is 4.26. The van der Waals surface area contributed by atoms with E-state index < -0.39 is 34.9 Å². The summed E-state index contributed by atoms with van der Waals surface area (Å²) in [5.74, 6) is -0.623. The molecule has 8 heteroatoms. The number of β-amino-alcohol motifs (C(OH)–C–C–N with tert-alkyl or cyclic N) is 1. The van der Waals surface area contributed by atoms with Gasteiger partial charge in [-0.25, -0.2) is 9.59 Å². The van der Waals surface area contributed by atoms with E-state index in [0.29, 0.717) is 18.7 Å². The maximum atomic E-state index is 11.7. The molecule has 1 fully saturated rings. The Kier molecular flexibility index (Phi) is 5.54. The Hall–Kier alpha value is -1.15. The Morgan fingerprint density at radius 2 is 2.17 bits per heavy atom. The lowest BCUT2D eigenvalue weighted by atomic mass is 10.2. The normalized spacial score (nSPS) is 24.9. The molecule has 0 saturated carbocycles. The zero-order valence-electron chi connectivity index (χ0n) is 10.2. The van der Waals surface area contributed by atoms with Gasteiger partial charge in [-0.2, -0.15) is 0 Å². The Morgan fingerprint density at radius 3 is 2.72 bits per heavy atom. The van der Waals surface area contributed by atoms with E-state index in [0.717, 1.165) is 4.90 Å². The molecule has 0 aromatic carbocycles. The van der Waals surface area contributed by atoms with Crippen molar-refractivity contribution in [2.75, 3.05) is 25.1 Å². The quantitative estimate of drug-likeness (QED) is 0.558. The van der Waals surface area contributed by atoms with Crippen LogP contribution < -0.4 is 5.32 Å². The molecular formula is C10H18N2O5S. The highest BCUT2D eigenvalue weighted by Crippen LogP contribution is 2.17. The van der Waals surface area contributed by atoms with Crippen LogP contribution in [0.2, 0.25) is 0 Å². The molecule has 3 N–H and O–H groups in total. The van der Waals surface area contributed by atoms with Crippen LogP contribution in [0.15, 0.2) is 0 Å². The van der Waals surface area contributed by atoms with Gasteiger partial charge in [-0.1, -0.05) is 0 Å². The molecule has 1 saturated heterocycles. The van der Waals surface area contributed by atoms with Gasteiger partial charge in [0.1, 0.15) is 6.04 Å². The number of carboxylic acids is 1. The number of carboxylic acid groups (broad SMARTS) is 1. The van der Waals surface area contributed by atoms with Gasteiger partial charge in [0.05, 0.1) is 6.10 Å². The third-order valence-electron chi connectivity index (χ3n) is 2.71. The van der Waals surface area contributed by atoms with Crippen LogP contribution in [0.25, 0.3) is 0 Å². The van der Waals surface area contributed by atoms with E-state index in [1.54, 1.807) is 6.26 Å². The van der Waals surface area contributed by atoms with E-state index in [2.05, 4.69) is 5.32 Å². The Morgan fingerprint density at radius 1 is 1.50 bits per heavy atom. The van der Waals surface area contributed by atoms with E-state index in [1.165, 1.54) is 0 Å². The van der Waals surface area contributed by atoms with Gasteiger partial charge >= 0.3 is 12.0 Å². The number of nitrogens with zero attached hydrogens (tertiary/aromatic N) is 1. The molecule has 2 unspecified atom stereocenters. The molecule has 0 radical (unpaired) electrons. The van der Waals surface area contributed by atoms with Gasteiger partial charge < -0.3 is 20.4 Å². The summed E-state index contributed by atoms with van der Waals surface area (Å²) in [6.07, 6.45) is 1.42. The fourth-order valence-corrected chi connectivity index (χ4v) is 2.40. The molecule has 0 bridgehead atoms. The number of rotatable bonds is 5. The summed E-state index contributed by atoms with van der Waals surface area (Å²) < 4.78 is 10.8. The molecule has 2 amide bonds. The third-order valence-corrected chi connectivity index (χ3v) is 3.57. The van der Waals surface area contributed by atoms with Crippen molar-refractivity contribution in [3.63, 3.8) is 0 Å². The minimum Gasteiger partial charge on any atom is -0.480 e. The van der Waals surface area contributed by atoms with Crippen molar-refractivity contribution < 1.29 is 24.0 Å². The fourth-order valence-electron chi connectivity index (χ4n) is 1.84. The summed E-state index contributed by atoms with van der Waals surface area (Å²) >= 11 is 0. The topological polar surface area (TPSA) is 107 Å². The number of amides is 2. The van der Waals surface area contributed by atoms with Crippen molar-refractivity contribution >= 4 is 22.8 Å². The number of aliphatic hydroxyl groups is 1. The van der Waals surface area contributed by atoms with Crippen LogP contribution in [0, 0.1) is 0 Å². The number of aliphatic hydroxyl groups excluding tert-OH is 1. The molecule has 1 rings (SSSR count). The van der Waals surface area contributed by atoms with Crippen molar-refractivity contribution in [2.24, 2.45) is 0 Å². The van der Waals surface area contributed by atoms with E-state index in [9.17, 15) is 18.9 Å². The van der Waals surface area contributed by atoms with Gasteiger partial charge in [-0.05, 0) is 6.42 Å². The molecule has 0 spiro atoms. The van der Waals surface area contributed by atoms with Crippen LogP contribution >= 0.6 is 0 Å². The Labute approximate surface area is 108 Å². The lowest BCUT2D eigenvalue weighted by molar-refractivity contribution is -0.141. The second-order valence-corrected chi connectivity index (χ2v) is 5.81. The fraction of sp³-hybridized carbons (Fsp3) is 0.800. The predicted octanol–water partition coefficient (Wildman–Crippen LogP) is -1.02. The van der Waals surface area contributed by atoms with Crippen LogP contribution in [-0.2, 0) is 15.6 Å². The molecule has 104 valence electrons. The first-order valence-electron chi connectivity index (χ1n) is 5.67. The van der Waals surface area contributed by atoms with Gasteiger partial charge in [-0.3, -0.25) is 4.21 Å². The summed E-state index contributed by atoms with van der Waals surface area (Å²) in [5.41, 5.74) is 0. The number of aliphatic carboxylic acids is 1. The van der Waals surface area contributed by atoms with Crippen LogP contribution in [-0.4, -0.2) is 68.6 Å². The average Bonchev–Trinajstić information content (AvgIpc) is 2.66. The van der Waals surface area contributed by atoms with Gasteiger partial charge in [0.2, 0.25) is 0 Å².